The Bertz CT molecular complexity index is 1300. The predicted molar refractivity (Wildman–Crippen MR) is 122 cm³/mol. The molecule has 166 valence electrons. The SMILES string of the molecule is O=C(NN=Cc1ccc(S(=O)(=O)N2CCOCC2)c2ccccc12)c1ccc(O)c(Cl)c1. The highest BCUT2D eigenvalue weighted by atomic mass is 35.5. The van der Waals surface area contributed by atoms with E-state index in [2.05, 4.69) is 10.5 Å². The molecule has 1 amide bonds. The van der Waals surface area contributed by atoms with Crippen LogP contribution in [0, 0.1) is 0 Å². The molecule has 2 N–H and O–H groups in total. The first-order chi connectivity index (χ1) is 15.4. The maximum absolute atomic E-state index is 13.2. The third-order valence-corrected chi connectivity index (χ3v) is 7.34. The van der Waals surface area contributed by atoms with Gasteiger partial charge in [0.2, 0.25) is 10.0 Å². The largest absolute Gasteiger partial charge is 0.506 e. The summed E-state index contributed by atoms with van der Waals surface area (Å²) in [7, 11) is -3.68. The van der Waals surface area contributed by atoms with Crippen molar-refractivity contribution in [2.24, 2.45) is 5.10 Å². The summed E-state index contributed by atoms with van der Waals surface area (Å²) in [6.45, 7) is 1.36. The molecule has 0 saturated carbocycles. The van der Waals surface area contributed by atoms with Crippen LogP contribution in [-0.4, -0.2) is 56.3 Å². The number of aromatic hydroxyl groups is 1. The first-order valence-electron chi connectivity index (χ1n) is 9.79. The Labute approximate surface area is 190 Å². The van der Waals surface area contributed by atoms with E-state index < -0.39 is 15.9 Å². The van der Waals surface area contributed by atoms with E-state index in [0.29, 0.717) is 42.6 Å². The summed E-state index contributed by atoms with van der Waals surface area (Å²) < 4.78 is 33.0. The molecular formula is C22H20ClN3O5S. The van der Waals surface area contributed by atoms with Crippen LogP contribution >= 0.6 is 11.6 Å². The van der Waals surface area contributed by atoms with E-state index in [1.165, 1.54) is 28.7 Å². The van der Waals surface area contributed by atoms with Crippen LogP contribution in [0.5, 0.6) is 5.75 Å². The zero-order valence-electron chi connectivity index (χ0n) is 16.9. The number of carbonyl (C=O) groups is 1. The molecule has 1 aliphatic rings. The number of phenolic OH excluding ortho intramolecular Hbond substituents is 1. The van der Waals surface area contributed by atoms with E-state index in [1.807, 2.05) is 6.07 Å². The monoisotopic (exact) mass is 473 g/mol. The van der Waals surface area contributed by atoms with Crippen LogP contribution < -0.4 is 5.43 Å². The summed E-state index contributed by atoms with van der Waals surface area (Å²) in [6.07, 6.45) is 1.45. The van der Waals surface area contributed by atoms with Gasteiger partial charge >= 0.3 is 0 Å². The van der Waals surface area contributed by atoms with E-state index >= 15 is 0 Å². The number of amides is 1. The molecule has 1 aliphatic heterocycles. The molecule has 1 saturated heterocycles. The van der Waals surface area contributed by atoms with Crippen molar-refractivity contribution in [3.8, 4) is 5.75 Å². The highest BCUT2D eigenvalue weighted by Gasteiger charge is 2.28. The first-order valence-corrected chi connectivity index (χ1v) is 11.6. The maximum atomic E-state index is 13.2. The number of ether oxygens (including phenoxy) is 1. The number of hydrazone groups is 1. The van der Waals surface area contributed by atoms with Crippen LogP contribution in [-0.2, 0) is 14.8 Å². The Balaban J connectivity index is 1.61. The van der Waals surface area contributed by atoms with Gasteiger partial charge in [0, 0.05) is 29.6 Å². The normalized spacial score (nSPS) is 15.3. The number of fused-ring (bicyclic) bond motifs is 1. The number of carbonyl (C=O) groups excluding carboxylic acids is 1. The lowest BCUT2D eigenvalue weighted by Gasteiger charge is -2.26. The van der Waals surface area contributed by atoms with Crippen molar-refractivity contribution in [2.75, 3.05) is 26.3 Å². The highest BCUT2D eigenvalue weighted by Crippen LogP contribution is 2.28. The molecule has 0 unspecified atom stereocenters. The lowest BCUT2D eigenvalue weighted by atomic mass is 10.1. The smallest absolute Gasteiger partial charge is 0.271 e. The number of sulfonamides is 1. The Morgan fingerprint density at radius 3 is 2.53 bits per heavy atom. The number of phenols is 1. The number of benzene rings is 3. The number of rotatable bonds is 5. The van der Waals surface area contributed by atoms with Crippen LogP contribution in [0.15, 0.2) is 64.6 Å². The second-order valence-corrected chi connectivity index (χ2v) is 9.39. The predicted octanol–water partition coefficient (Wildman–Crippen LogP) is 2.98. The van der Waals surface area contributed by atoms with Crippen LogP contribution in [0.25, 0.3) is 10.8 Å². The standard InChI is InChI=1S/C22H20ClN3O5S/c23-19-13-15(5-7-20(19)27)22(28)25-24-14-16-6-8-21(18-4-2-1-3-17(16)18)32(29,30)26-9-11-31-12-10-26/h1-8,13-14,27H,9-12H2,(H,25,28). The highest BCUT2D eigenvalue weighted by molar-refractivity contribution is 7.89. The van der Waals surface area contributed by atoms with Gasteiger partial charge in [-0.05, 0) is 29.7 Å². The number of halogens is 1. The van der Waals surface area contributed by atoms with Crippen molar-refractivity contribution in [3.05, 3.63) is 70.7 Å². The third kappa shape index (κ3) is 4.46. The fourth-order valence-corrected chi connectivity index (χ4v) is 5.22. The molecule has 3 aromatic carbocycles. The zero-order valence-corrected chi connectivity index (χ0v) is 18.4. The topological polar surface area (TPSA) is 108 Å². The quantitative estimate of drug-likeness (QED) is 0.437. The number of hydrogen-bond donors (Lipinski definition) is 2. The Hall–Kier alpha value is -2.98. The van der Waals surface area contributed by atoms with E-state index in [9.17, 15) is 18.3 Å². The molecule has 1 heterocycles. The maximum Gasteiger partial charge on any atom is 0.271 e. The minimum Gasteiger partial charge on any atom is -0.506 e. The van der Waals surface area contributed by atoms with Crippen molar-refractivity contribution in [3.63, 3.8) is 0 Å². The van der Waals surface area contributed by atoms with Gasteiger partial charge in [-0.3, -0.25) is 4.79 Å². The molecule has 3 aromatic rings. The molecular weight excluding hydrogens is 454 g/mol. The number of morpholine rings is 1. The minimum atomic E-state index is -3.68. The van der Waals surface area contributed by atoms with Crippen molar-refractivity contribution >= 4 is 44.5 Å². The number of hydrogen-bond acceptors (Lipinski definition) is 6. The second-order valence-electron chi connectivity index (χ2n) is 7.08. The Kier molecular flexibility index (Phi) is 6.43. The van der Waals surface area contributed by atoms with Crippen molar-refractivity contribution < 1.29 is 23.1 Å². The van der Waals surface area contributed by atoms with E-state index in [4.69, 9.17) is 16.3 Å². The lowest BCUT2D eigenvalue weighted by molar-refractivity contribution is 0.0730. The van der Waals surface area contributed by atoms with Crippen molar-refractivity contribution in [1.82, 2.24) is 9.73 Å². The van der Waals surface area contributed by atoms with Crippen molar-refractivity contribution in [1.29, 1.82) is 0 Å². The molecule has 0 bridgehead atoms. The molecule has 8 nitrogen and oxygen atoms in total. The van der Waals surface area contributed by atoms with Gasteiger partial charge in [0.05, 0.1) is 29.3 Å². The molecule has 4 rings (SSSR count). The Morgan fingerprint density at radius 1 is 1.09 bits per heavy atom. The second kappa shape index (κ2) is 9.25. The summed E-state index contributed by atoms with van der Waals surface area (Å²) in [6, 6.07) is 14.4. The minimum absolute atomic E-state index is 0.0599. The average Bonchev–Trinajstić information content (AvgIpc) is 2.81. The lowest BCUT2D eigenvalue weighted by Crippen LogP contribution is -2.40. The fourth-order valence-electron chi connectivity index (χ4n) is 3.43. The third-order valence-electron chi connectivity index (χ3n) is 5.09. The van der Waals surface area contributed by atoms with Gasteiger partial charge in [0.1, 0.15) is 5.75 Å². The summed E-state index contributed by atoms with van der Waals surface area (Å²) in [5, 5.41) is 14.8. The average molecular weight is 474 g/mol. The van der Waals surface area contributed by atoms with Crippen LogP contribution in [0.1, 0.15) is 15.9 Å². The van der Waals surface area contributed by atoms with Crippen LogP contribution in [0.4, 0.5) is 0 Å². The molecule has 0 radical (unpaired) electrons. The van der Waals surface area contributed by atoms with Gasteiger partial charge in [0.25, 0.3) is 5.91 Å². The molecule has 0 spiro atoms. The van der Waals surface area contributed by atoms with Gasteiger partial charge < -0.3 is 9.84 Å². The molecule has 0 aliphatic carbocycles. The first kappa shape index (κ1) is 22.2. The van der Waals surface area contributed by atoms with Crippen LogP contribution in [0.2, 0.25) is 5.02 Å². The molecule has 1 fully saturated rings. The number of nitrogens with zero attached hydrogens (tertiary/aromatic N) is 2. The molecule has 32 heavy (non-hydrogen) atoms. The van der Waals surface area contributed by atoms with Gasteiger partial charge in [0.15, 0.2) is 0 Å². The van der Waals surface area contributed by atoms with Gasteiger partial charge in [-0.2, -0.15) is 9.41 Å². The van der Waals surface area contributed by atoms with Gasteiger partial charge in [-0.1, -0.05) is 41.9 Å². The number of nitrogens with one attached hydrogen (secondary N) is 1. The zero-order chi connectivity index (χ0) is 22.7. The van der Waals surface area contributed by atoms with E-state index in [1.54, 1.807) is 30.3 Å². The summed E-state index contributed by atoms with van der Waals surface area (Å²) in [5.74, 6) is -0.621. The van der Waals surface area contributed by atoms with Crippen molar-refractivity contribution in [2.45, 2.75) is 4.90 Å². The molecule has 0 atom stereocenters. The van der Waals surface area contributed by atoms with E-state index in [0.717, 1.165) is 0 Å². The molecule has 10 heteroatoms. The summed E-state index contributed by atoms with van der Waals surface area (Å²) in [5.41, 5.74) is 3.29. The summed E-state index contributed by atoms with van der Waals surface area (Å²) >= 11 is 5.83. The molecule has 0 aromatic heterocycles. The van der Waals surface area contributed by atoms with Gasteiger partial charge in [-0.15, -0.1) is 0 Å². The summed E-state index contributed by atoms with van der Waals surface area (Å²) in [4.78, 5) is 12.5. The van der Waals surface area contributed by atoms with E-state index in [-0.39, 0.29) is 21.2 Å². The Morgan fingerprint density at radius 2 is 1.81 bits per heavy atom. The fraction of sp³-hybridized carbons (Fsp3) is 0.182. The van der Waals surface area contributed by atoms with Crippen LogP contribution in [0.3, 0.4) is 0 Å². The van der Waals surface area contributed by atoms with Gasteiger partial charge in [-0.25, -0.2) is 13.8 Å².